The van der Waals surface area contributed by atoms with Gasteiger partial charge in [0.1, 0.15) is 0 Å². The fourth-order valence-electron chi connectivity index (χ4n) is 1.95. The molecule has 0 saturated carbocycles. The van der Waals surface area contributed by atoms with Crippen LogP contribution in [0, 0.1) is 0 Å². The van der Waals surface area contributed by atoms with E-state index in [-0.39, 0.29) is 6.04 Å². The molecular formula is C14H13Br2ClN2. The molecule has 1 atom stereocenters. The van der Waals surface area contributed by atoms with E-state index in [4.69, 9.17) is 17.4 Å². The van der Waals surface area contributed by atoms with E-state index in [2.05, 4.69) is 49.4 Å². The first-order valence-corrected chi connectivity index (χ1v) is 7.71. The Labute approximate surface area is 134 Å². The average Bonchev–Trinajstić information content (AvgIpc) is 2.34. The Balaban J connectivity index is 2.24. The van der Waals surface area contributed by atoms with Crippen molar-refractivity contribution in [1.29, 1.82) is 0 Å². The fourth-order valence-corrected chi connectivity index (χ4v) is 3.28. The molecule has 0 bridgehead atoms. The highest BCUT2D eigenvalue weighted by Gasteiger charge is 2.12. The second-order valence-electron chi connectivity index (χ2n) is 4.26. The summed E-state index contributed by atoms with van der Waals surface area (Å²) in [5.74, 6) is 5.67. The maximum atomic E-state index is 6.07. The fraction of sp³-hybridized carbons (Fsp3) is 0.143. The lowest BCUT2D eigenvalue weighted by Crippen LogP contribution is -2.29. The summed E-state index contributed by atoms with van der Waals surface area (Å²) >= 11 is 13.0. The SMILES string of the molecule is NNC(Cc1cccc(Br)c1)c1cc(Cl)cc(Br)c1. The Hall–Kier alpha value is -0.390. The third-order valence-corrected chi connectivity index (χ3v) is 3.99. The smallest absolute Gasteiger partial charge is 0.0501 e. The Morgan fingerprint density at radius 3 is 2.53 bits per heavy atom. The summed E-state index contributed by atoms with van der Waals surface area (Å²) in [6.07, 6.45) is 0.794. The number of nitrogens with two attached hydrogens (primary N) is 1. The van der Waals surface area contributed by atoms with Gasteiger partial charge in [-0.25, -0.2) is 0 Å². The molecule has 5 heteroatoms. The summed E-state index contributed by atoms with van der Waals surface area (Å²) in [7, 11) is 0. The number of hydrazine groups is 1. The molecule has 0 aliphatic heterocycles. The van der Waals surface area contributed by atoms with E-state index in [0.717, 1.165) is 20.9 Å². The summed E-state index contributed by atoms with van der Waals surface area (Å²) in [5.41, 5.74) is 5.11. The van der Waals surface area contributed by atoms with Crippen LogP contribution in [0.15, 0.2) is 51.4 Å². The zero-order valence-corrected chi connectivity index (χ0v) is 14.0. The number of hydrogen-bond acceptors (Lipinski definition) is 2. The highest BCUT2D eigenvalue weighted by atomic mass is 79.9. The lowest BCUT2D eigenvalue weighted by molar-refractivity contribution is 0.551. The molecule has 0 amide bonds. The summed E-state index contributed by atoms with van der Waals surface area (Å²) in [6, 6.07) is 14.0. The Morgan fingerprint density at radius 2 is 1.89 bits per heavy atom. The third kappa shape index (κ3) is 4.29. The van der Waals surface area contributed by atoms with Crippen LogP contribution in [0.4, 0.5) is 0 Å². The van der Waals surface area contributed by atoms with Gasteiger partial charge in [-0.05, 0) is 47.9 Å². The summed E-state index contributed by atoms with van der Waals surface area (Å²) < 4.78 is 2.01. The molecule has 0 aliphatic carbocycles. The molecular weight excluding hydrogens is 391 g/mol. The molecule has 0 radical (unpaired) electrons. The Bertz CT molecular complexity index is 555. The van der Waals surface area contributed by atoms with Crippen molar-refractivity contribution in [1.82, 2.24) is 5.43 Å². The van der Waals surface area contributed by atoms with Crippen molar-refractivity contribution in [3.63, 3.8) is 0 Å². The Morgan fingerprint density at radius 1 is 1.11 bits per heavy atom. The van der Waals surface area contributed by atoms with Crippen LogP contribution in [0.5, 0.6) is 0 Å². The highest BCUT2D eigenvalue weighted by Crippen LogP contribution is 2.26. The monoisotopic (exact) mass is 402 g/mol. The van der Waals surface area contributed by atoms with Crippen LogP contribution in [0.2, 0.25) is 5.02 Å². The van der Waals surface area contributed by atoms with Gasteiger partial charge in [-0.2, -0.15) is 0 Å². The molecule has 0 spiro atoms. The van der Waals surface area contributed by atoms with Gasteiger partial charge < -0.3 is 0 Å². The number of halogens is 3. The van der Waals surface area contributed by atoms with Crippen LogP contribution in [-0.4, -0.2) is 0 Å². The van der Waals surface area contributed by atoms with Crippen molar-refractivity contribution in [3.05, 3.63) is 67.6 Å². The predicted molar refractivity (Wildman–Crippen MR) is 87.1 cm³/mol. The second-order valence-corrected chi connectivity index (χ2v) is 6.52. The van der Waals surface area contributed by atoms with E-state index < -0.39 is 0 Å². The van der Waals surface area contributed by atoms with Gasteiger partial charge in [0.05, 0.1) is 6.04 Å². The van der Waals surface area contributed by atoms with Crippen molar-refractivity contribution in [2.24, 2.45) is 5.84 Å². The number of rotatable bonds is 4. The summed E-state index contributed by atoms with van der Waals surface area (Å²) in [5, 5.41) is 0.693. The van der Waals surface area contributed by atoms with Gasteiger partial charge in [0.15, 0.2) is 0 Å². The van der Waals surface area contributed by atoms with Gasteiger partial charge in [0.25, 0.3) is 0 Å². The standard InChI is InChI=1S/C14H13Br2ClN2/c15-11-3-1-2-9(4-11)5-14(19-18)10-6-12(16)8-13(17)7-10/h1-4,6-8,14,19H,5,18H2. The zero-order valence-electron chi connectivity index (χ0n) is 10.0. The minimum Gasteiger partial charge on any atom is -0.271 e. The number of nitrogens with one attached hydrogen (secondary N) is 1. The lowest BCUT2D eigenvalue weighted by atomic mass is 9.99. The van der Waals surface area contributed by atoms with Crippen molar-refractivity contribution >= 4 is 43.5 Å². The molecule has 0 saturated heterocycles. The lowest BCUT2D eigenvalue weighted by Gasteiger charge is -2.17. The van der Waals surface area contributed by atoms with E-state index in [9.17, 15) is 0 Å². The largest absolute Gasteiger partial charge is 0.271 e. The second kappa shape index (κ2) is 6.86. The van der Waals surface area contributed by atoms with Gasteiger partial charge in [0, 0.05) is 14.0 Å². The highest BCUT2D eigenvalue weighted by molar-refractivity contribution is 9.10. The van der Waals surface area contributed by atoms with Crippen LogP contribution in [0.3, 0.4) is 0 Å². The normalized spacial score (nSPS) is 12.4. The minimum absolute atomic E-state index is 0.0179. The van der Waals surface area contributed by atoms with Crippen LogP contribution in [0.25, 0.3) is 0 Å². The van der Waals surface area contributed by atoms with Crippen molar-refractivity contribution < 1.29 is 0 Å². The van der Waals surface area contributed by atoms with Crippen LogP contribution < -0.4 is 11.3 Å². The molecule has 2 aromatic rings. The molecule has 0 heterocycles. The van der Waals surface area contributed by atoms with E-state index in [1.807, 2.05) is 30.3 Å². The van der Waals surface area contributed by atoms with E-state index in [1.54, 1.807) is 0 Å². The predicted octanol–water partition coefficient (Wildman–Crippen LogP) is 4.61. The first kappa shape index (κ1) is 15.0. The molecule has 3 N–H and O–H groups in total. The first-order valence-electron chi connectivity index (χ1n) is 5.75. The molecule has 0 fully saturated rings. The molecule has 100 valence electrons. The summed E-state index contributed by atoms with van der Waals surface area (Å²) in [6.45, 7) is 0. The third-order valence-electron chi connectivity index (χ3n) is 2.82. The topological polar surface area (TPSA) is 38.0 Å². The molecule has 2 rings (SSSR count). The average molecular weight is 405 g/mol. The van der Waals surface area contributed by atoms with E-state index in [1.165, 1.54) is 5.56 Å². The molecule has 0 aromatic heterocycles. The van der Waals surface area contributed by atoms with Crippen LogP contribution in [-0.2, 0) is 6.42 Å². The quantitative estimate of drug-likeness (QED) is 0.577. The maximum absolute atomic E-state index is 6.07. The van der Waals surface area contributed by atoms with Crippen molar-refractivity contribution in [2.75, 3.05) is 0 Å². The molecule has 19 heavy (non-hydrogen) atoms. The molecule has 2 nitrogen and oxygen atoms in total. The zero-order chi connectivity index (χ0) is 13.8. The van der Waals surface area contributed by atoms with E-state index in [0.29, 0.717) is 5.02 Å². The van der Waals surface area contributed by atoms with Gasteiger partial charge in [-0.3, -0.25) is 11.3 Å². The van der Waals surface area contributed by atoms with Crippen LogP contribution in [0.1, 0.15) is 17.2 Å². The van der Waals surface area contributed by atoms with Gasteiger partial charge >= 0.3 is 0 Å². The van der Waals surface area contributed by atoms with Crippen LogP contribution >= 0.6 is 43.5 Å². The maximum Gasteiger partial charge on any atom is 0.0501 e. The van der Waals surface area contributed by atoms with E-state index >= 15 is 0 Å². The Kier molecular flexibility index (Phi) is 5.42. The minimum atomic E-state index is 0.0179. The van der Waals surface area contributed by atoms with Gasteiger partial charge in [-0.15, -0.1) is 0 Å². The van der Waals surface area contributed by atoms with Crippen molar-refractivity contribution in [3.8, 4) is 0 Å². The molecule has 1 unspecified atom stereocenters. The van der Waals surface area contributed by atoms with Gasteiger partial charge in [-0.1, -0.05) is 55.6 Å². The molecule has 2 aromatic carbocycles. The number of hydrogen-bond donors (Lipinski definition) is 2. The molecule has 0 aliphatic rings. The summed E-state index contributed by atoms with van der Waals surface area (Å²) in [4.78, 5) is 0. The van der Waals surface area contributed by atoms with Gasteiger partial charge in [0.2, 0.25) is 0 Å². The number of benzene rings is 2. The first-order chi connectivity index (χ1) is 9.08. The van der Waals surface area contributed by atoms with Crippen molar-refractivity contribution in [2.45, 2.75) is 12.5 Å².